The molecule has 0 bridgehead atoms. The Morgan fingerprint density at radius 2 is 1.81 bits per heavy atom. The molecule has 2 aliphatic rings. The van der Waals surface area contributed by atoms with Gasteiger partial charge in [0.15, 0.2) is 0 Å². The van der Waals surface area contributed by atoms with Crippen LogP contribution in [0.2, 0.25) is 0 Å². The van der Waals surface area contributed by atoms with Crippen LogP contribution in [-0.4, -0.2) is 41.3 Å². The summed E-state index contributed by atoms with van der Waals surface area (Å²) in [6, 6.07) is 14.6. The van der Waals surface area contributed by atoms with Gasteiger partial charge in [0, 0.05) is 12.6 Å². The van der Waals surface area contributed by atoms with E-state index >= 15 is 0 Å². The fraction of sp³-hybridized carbons (Fsp3) is 0.391. The Bertz CT molecular complexity index is 960. The minimum absolute atomic E-state index is 0.185. The van der Waals surface area contributed by atoms with Crippen molar-refractivity contribution in [2.45, 2.75) is 51.4 Å². The standard InChI is InChI=1S/C23H30N6O3/c1-16-27(18-7-3-4-8-18)26-29(28(16)23(24)31)19-13-11-17(12-14-19)15-25-22(30)20-9-5-6-10-21(20)32-2/h5-6,9-14,16,18,26H,3-4,7-8,15H2,1-2H3,(H2,24,31)(H,25,30). The van der Waals surface area contributed by atoms with Crippen LogP contribution in [0.3, 0.4) is 0 Å². The number of rotatable bonds is 6. The fourth-order valence-electron chi connectivity index (χ4n) is 4.42. The van der Waals surface area contributed by atoms with Crippen molar-refractivity contribution in [2.24, 2.45) is 5.73 Å². The SMILES string of the molecule is COc1ccccc1C(=O)NCc1ccc(N2NN(C3CCCC3)C(C)N2C(N)=O)cc1. The maximum absolute atomic E-state index is 12.5. The van der Waals surface area contributed by atoms with Crippen molar-refractivity contribution in [1.29, 1.82) is 0 Å². The number of amides is 3. The predicted octanol–water partition coefficient (Wildman–Crippen LogP) is 2.75. The maximum atomic E-state index is 12.5. The van der Waals surface area contributed by atoms with Crippen LogP contribution in [0, 0.1) is 0 Å². The lowest BCUT2D eigenvalue weighted by Crippen LogP contribution is -2.50. The lowest BCUT2D eigenvalue weighted by atomic mass is 10.1. The van der Waals surface area contributed by atoms with Crippen molar-refractivity contribution >= 4 is 17.6 Å². The van der Waals surface area contributed by atoms with Gasteiger partial charge in [0.25, 0.3) is 5.91 Å². The first-order valence-corrected chi connectivity index (χ1v) is 10.9. The van der Waals surface area contributed by atoms with Crippen LogP contribution in [0.25, 0.3) is 0 Å². The van der Waals surface area contributed by atoms with Crippen molar-refractivity contribution in [1.82, 2.24) is 20.9 Å². The molecule has 2 aromatic carbocycles. The van der Waals surface area contributed by atoms with Gasteiger partial charge in [0.05, 0.1) is 18.4 Å². The highest BCUT2D eigenvalue weighted by molar-refractivity contribution is 5.96. The summed E-state index contributed by atoms with van der Waals surface area (Å²) in [5.74, 6) is 0.335. The number of hydrogen-bond acceptors (Lipinski definition) is 6. The molecule has 0 aromatic heterocycles. The van der Waals surface area contributed by atoms with E-state index < -0.39 is 6.03 Å². The van der Waals surface area contributed by atoms with Crippen LogP contribution < -0.4 is 26.4 Å². The van der Waals surface area contributed by atoms with Crippen LogP contribution in [0.5, 0.6) is 5.75 Å². The monoisotopic (exact) mass is 438 g/mol. The van der Waals surface area contributed by atoms with E-state index in [1.807, 2.05) is 37.3 Å². The third kappa shape index (κ3) is 4.35. The number of nitrogens with one attached hydrogen (secondary N) is 2. The first-order valence-electron chi connectivity index (χ1n) is 10.9. The van der Waals surface area contributed by atoms with E-state index in [4.69, 9.17) is 10.5 Å². The molecule has 0 radical (unpaired) electrons. The highest BCUT2D eigenvalue weighted by Crippen LogP contribution is 2.30. The smallest absolute Gasteiger partial charge is 0.336 e. The molecular formula is C23H30N6O3. The molecule has 1 heterocycles. The lowest BCUT2D eigenvalue weighted by molar-refractivity contribution is 0.0947. The van der Waals surface area contributed by atoms with Gasteiger partial charge in [-0.1, -0.05) is 37.1 Å². The normalized spacial score (nSPS) is 19.4. The van der Waals surface area contributed by atoms with Crippen molar-refractivity contribution in [3.8, 4) is 5.75 Å². The van der Waals surface area contributed by atoms with Gasteiger partial charge >= 0.3 is 6.03 Å². The average molecular weight is 439 g/mol. The topological polar surface area (TPSA) is 103 Å². The second-order valence-corrected chi connectivity index (χ2v) is 8.12. The number of methoxy groups -OCH3 is 1. The van der Waals surface area contributed by atoms with Crippen molar-refractivity contribution in [3.63, 3.8) is 0 Å². The Hall–Kier alpha value is -3.30. The van der Waals surface area contributed by atoms with Crippen LogP contribution >= 0.6 is 0 Å². The lowest BCUT2D eigenvalue weighted by Gasteiger charge is -2.28. The van der Waals surface area contributed by atoms with E-state index in [1.54, 1.807) is 30.4 Å². The van der Waals surface area contributed by atoms with Crippen molar-refractivity contribution < 1.29 is 14.3 Å². The number of primary amides is 1. The predicted molar refractivity (Wildman–Crippen MR) is 121 cm³/mol. The third-order valence-corrected chi connectivity index (χ3v) is 6.11. The Kier molecular flexibility index (Phi) is 6.48. The molecule has 1 atom stereocenters. The van der Waals surface area contributed by atoms with Gasteiger partial charge in [-0.25, -0.2) is 9.80 Å². The number of ether oxygens (including phenoxy) is 1. The maximum Gasteiger partial charge on any atom is 0.336 e. The average Bonchev–Trinajstić information content (AvgIpc) is 3.45. The summed E-state index contributed by atoms with van der Waals surface area (Å²) >= 11 is 0. The number of benzene rings is 2. The number of nitrogens with zero attached hydrogens (tertiary/aromatic N) is 3. The fourth-order valence-corrected chi connectivity index (χ4v) is 4.42. The molecule has 3 amide bonds. The number of carbonyl (C=O) groups is 2. The van der Waals surface area contributed by atoms with Crippen LogP contribution in [0.1, 0.15) is 48.5 Å². The van der Waals surface area contributed by atoms with Crippen LogP contribution in [0.15, 0.2) is 48.5 Å². The highest BCUT2D eigenvalue weighted by atomic mass is 16.5. The van der Waals surface area contributed by atoms with Gasteiger partial charge in [-0.3, -0.25) is 4.79 Å². The summed E-state index contributed by atoms with van der Waals surface area (Å²) in [5.41, 5.74) is 11.2. The zero-order chi connectivity index (χ0) is 22.7. The zero-order valence-electron chi connectivity index (χ0n) is 18.5. The largest absolute Gasteiger partial charge is 0.496 e. The summed E-state index contributed by atoms with van der Waals surface area (Å²) in [4.78, 5) is 24.7. The molecule has 4 N–H and O–H groups in total. The second-order valence-electron chi connectivity index (χ2n) is 8.12. The van der Waals surface area contributed by atoms with Crippen molar-refractivity contribution in [2.75, 3.05) is 12.2 Å². The van der Waals surface area contributed by atoms with E-state index in [9.17, 15) is 9.59 Å². The zero-order valence-corrected chi connectivity index (χ0v) is 18.5. The Morgan fingerprint density at radius 3 is 2.47 bits per heavy atom. The first-order chi connectivity index (χ1) is 15.5. The van der Waals surface area contributed by atoms with Gasteiger partial charge in [-0.2, -0.15) is 10.1 Å². The number of hydrogen-bond donors (Lipinski definition) is 3. The number of carbonyl (C=O) groups excluding carboxylic acids is 2. The minimum atomic E-state index is -0.515. The molecule has 9 heteroatoms. The number of nitrogens with two attached hydrogens (primary N) is 1. The van der Waals surface area contributed by atoms with Crippen LogP contribution in [-0.2, 0) is 6.54 Å². The Morgan fingerprint density at radius 1 is 1.12 bits per heavy atom. The summed E-state index contributed by atoms with van der Waals surface area (Å²) in [6.45, 7) is 2.34. The molecule has 2 fully saturated rings. The Labute approximate surface area is 188 Å². The number of urea groups is 1. The summed E-state index contributed by atoms with van der Waals surface area (Å²) in [7, 11) is 1.54. The molecule has 4 rings (SSSR count). The van der Waals surface area contributed by atoms with E-state index in [-0.39, 0.29) is 12.1 Å². The van der Waals surface area contributed by atoms with Gasteiger partial charge in [0.1, 0.15) is 11.9 Å². The summed E-state index contributed by atoms with van der Waals surface area (Å²) in [5, 5.41) is 8.25. The third-order valence-electron chi connectivity index (χ3n) is 6.11. The molecule has 32 heavy (non-hydrogen) atoms. The quantitative estimate of drug-likeness (QED) is 0.641. The molecule has 1 aliphatic carbocycles. The van der Waals surface area contributed by atoms with E-state index in [0.717, 1.165) is 24.1 Å². The van der Waals surface area contributed by atoms with E-state index in [2.05, 4.69) is 15.9 Å². The van der Waals surface area contributed by atoms with E-state index in [1.165, 1.54) is 17.9 Å². The number of anilines is 1. The van der Waals surface area contributed by atoms with Gasteiger partial charge in [-0.15, -0.1) is 5.53 Å². The number of para-hydroxylation sites is 1. The van der Waals surface area contributed by atoms with Gasteiger partial charge < -0.3 is 15.8 Å². The second kappa shape index (κ2) is 9.46. The molecule has 1 saturated carbocycles. The minimum Gasteiger partial charge on any atom is -0.496 e. The summed E-state index contributed by atoms with van der Waals surface area (Å²) < 4.78 is 5.26. The molecule has 0 spiro atoms. The van der Waals surface area contributed by atoms with Crippen LogP contribution in [0.4, 0.5) is 10.5 Å². The van der Waals surface area contributed by atoms with Crippen molar-refractivity contribution in [3.05, 3.63) is 59.7 Å². The van der Waals surface area contributed by atoms with Gasteiger partial charge in [0.2, 0.25) is 0 Å². The molecular weight excluding hydrogens is 408 g/mol. The first kappa shape index (κ1) is 21.9. The Balaban J connectivity index is 1.43. The molecule has 1 aliphatic heterocycles. The molecule has 1 unspecified atom stereocenters. The summed E-state index contributed by atoms with van der Waals surface area (Å²) in [6.07, 6.45) is 4.41. The molecule has 2 aromatic rings. The molecule has 170 valence electrons. The van der Waals surface area contributed by atoms with Gasteiger partial charge in [-0.05, 0) is 49.6 Å². The molecule has 9 nitrogen and oxygen atoms in total. The molecule has 1 saturated heterocycles. The van der Waals surface area contributed by atoms with E-state index in [0.29, 0.717) is 23.9 Å². The highest BCUT2D eigenvalue weighted by Gasteiger charge is 2.41. The number of hydrazine groups is 3.